The summed E-state index contributed by atoms with van der Waals surface area (Å²) in [6, 6.07) is 8.30. The average molecular weight is 173 g/mol. The van der Waals surface area contributed by atoms with Gasteiger partial charge in [-0.3, -0.25) is 4.79 Å². The van der Waals surface area contributed by atoms with Crippen LogP contribution in [0.15, 0.2) is 22.6 Å². The number of fused-ring (bicyclic) bond motifs is 1. The van der Waals surface area contributed by atoms with Gasteiger partial charge in [-0.15, -0.1) is 0 Å². The Morgan fingerprint density at radius 2 is 2.31 bits per heavy atom. The highest BCUT2D eigenvalue weighted by Crippen LogP contribution is 2.24. The lowest BCUT2D eigenvalue weighted by Gasteiger charge is -1.90. The van der Waals surface area contributed by atoms with E-state index in [4.69, 9.17) is 4.42 Å². The molecule has 13 heavy (non-hydrogen) atoms. The zero-order valence-corrected chi connectivity index (χ0v) is 7.55. The summed E-state index contributed by atoms with van der Waals surface area (Å²) in [5.41, 5.74) is 1.42. The maximum Gasteiger partial charge on any atom is 0.163 e. The third-order valence-corrected chi connectivity index (χ3v) is 2.06. The van der Waals surface area contributed by atoms with Gasteiger partial charge in [0.2, 0.25) is 0 Å². The largest absolute Gasteiger partial charge is 0.461 e. The second-order valence-electron chi connectivity index (χ2n) is 3.01. The first kappa shape index (κ1) is 8.05. The van der Waals surface area contributed by atoms with Gasteiger partial charge in [0.25, 0.3) is 0 Å². The van der Waals surface area contributed by atoms with Gasteiger partial charge in [-0.05, 0) is 32.0 Å². The molecule has 0 unspecified atom stereocenters. The molecule has 2 nitrogen and oxygen atoms in total. The van der Waals surface area contributed by atoms with Crippen LogP contribution in [0.5, 0.6) is 0 Å². The third-order valence-electron chi connectivity index (χ3n) is 2.06. The summed E-state index contributed by atoms with van der Waals surface area (Å²) < 4.78 is 5.42. The number of rotatable bonds is 1. The Morgan fingerprint density at radius 1 is 1.54 bits per heavy atom. The van der Waals surface area contributed by atoms with Crippen molar-refractivity contribution in [2.24, 2.45) is 0 Å². The summed E-state index contributed by atoms with van der Waals surface area (Å²) in [5.74, 6) is 0.720. The van der Waals surface area contributed by atoms with E-state index in [0.717, 1.165) is 11.0 Å². The van der Waals surface area contributed by atoms with Crippen LogP contribution in [0, 0.1) is 13.0 Å². The molecule has 0 aliphatic carbocycles. The molecule has 0 spiro atoms. The monoisotopic (exact) mass is 173 g/mol. The van der Waals surface area contributed by atoms with Crippen molar-refractivity contribution >= 4 is 16.8 Å². The van der Waals surface area contributed by atoms with E-state index in [1.54, 1.807) is 26.0 Å². The van der Waals surface area contributed by atoms with Crippen molar-refractivity contribution in [1.29, 1.82) is 0 Å². The molecule has 0 aliphatic rings. The Labute approximate surface area is 76.2 Å². The average Bonchev–Trinajstić information content (AvgIpc) is 2.39. The van der Waals surface area contributed by atoms with Crippen LogP contribution in [-0.2, 0) is 0 Å². The van der Waals surface area contributed by atoms with E-state index in [1.807, 2.05) is 6.07 Å². The number of benzene rings is 1. The quantitative estimate of drug-likeness (QED) is 0.620. The molecule has 1 heterocycles. The van der Waals surface area contributed by atoms with Crippen LogP contribution in [0.4, 0.5) is 0 Å². The molecule has 0 bridgehead atoms. The molecule has 0 saturated heterocycles. The third kappa shape index (κ3) is 1.15. The number of furan rings is 1. The number of carbonyl (C=O) groups is 1. The van der Waals surface area contributed by atoms with Crippen LogP contribution in [-0.4, -0.2) is 5.78 Å². The lowest BCUT2D eigenvalue weighted by molar-refractivity contribution is 0.101. The van der Waals surface area contributed by atoms with Crippen molar-refractivity contribution in [3.63, 3.8) is 0 Å². The summed E-state index contributed by atoms with van der Waals surface area (Å²) in [7, 11) is 0. The van der Waals surface area contributed by atoms with Gasteiger partial charge in [0.1, 0.15) is 11.3 Å². The lowest BCUT2D eigenvalue weighted by atomic mass is 10.1. The predicted octanol–water partition coefficient (Wildman–Crippen LogP) is 2.74. The fourth-order valence-electron chi connectivity index (χ4n) is 1.54. The van der Waals surface area contributed by atoms with Crippen LogP contribution in [0.3, 0.4) is 0 Å². The van der Waals surface area contributed by atoms with Crippen molar-refractivity contribution in [3.8, 4) is 0 Å². The standard InChI is InChI=1S/C11H9O2/c1-7(12)11-8(2)13-10-6-4-3-5-9(10)11/h4-6H,1-2H3. The highest BCUT2D eigenvalue weighted by atomic mass is 16.3. The van der Waals surface area contributed by atoms with Crippen LogP contribution < -0.4 is 0 Å². The molecule has 0 fully saturated rings. The Kier molecular flexibility index (Phi) is 1.69. The molecule has 0 N–H and O–H groups in total. The predicted molar refractivity (Wildman–Crippen MR) is 49.8 cm³/mol. The summed E-state index contributed by atoms with van der Waals surface area (Å²) in [4.78, 5) is 11.3. The smallest absolute Gasteiger partial charge is 0.163 e. The Morgan fingerprint density at radius 3 is 3.00 bits per heavy atom. The summed E-state index contributed by atoms with van der Waals surface area (Å²) in [6.07, 6.45) is 0. The second kappa shape index (κ2) is 2.73. The van der Waals surface area contributed by atoms with E-state index in [2.05, 4.69) is 6.07 Å². The number of ketones is 1. The van der Waals surface area contributed by atoms with Crippen molar-refractivity contribution in [3.05, 3.63) is 35.6 Å². The van der Waals surface area contributed by atoms with Crippen LogP contribution >= 0.6 is 0 Å². The Balaban J connectivity index is 2.86. The first-order valence-electron chi connectivity index (χ1n) is 4.10. The van der Waals surface area contributed by atoms with Gasteiger partial charge in [-0.25, -0.2) is 0 Å². The maximum atomic E-state index is 11.3. The molecule has 2 rings (SSSR count). The Hall–Kier alpha value is -1.57. The SMILES string of the molecule is CC(=O)c1c(C)oc2cc[c]cc12. The van der Waals surface area contributed by atoms with E-state index in [0.29, 0.717) is 11.3 Å². The van der Waals surface area contributed by atoms with Crippen molar-refractivity contribution in [1.82, 2.24) is 0 Å². The maximum absolute atomic E-state index is 11.3. The Bertz CT molecular complexity index is 466. The lowest BCUT2D eigenvalue weighted by Crippen LogP contribution is -1.91. The van der Waals surface area contributed by atoms with Crippen molar-refractivity contribution in [2.45, 2.75) is 13.8 Å². The van der Waals surface area contributed by atoms with E-state index in [-0.39, 0.29) is 5.78 Å². The van der Waals surface area contributed by atoms with Crippen molar-refractivity contribution in [2.75, 3.05) is 0 Å². The first-order valence-corrected chi connectivity index (χ1v) is 4.10. The number of hydrogen-bond acceptors (Lipinski definition) is 2. The van der Waals surface area contributed by atoms with Gasteiger partial charge in [-0.2, -0.15) is 0 Å². The fourth-order valence-corrected chi connectivity index (χ4v) is 1.54. The van der Waals surface area contributed by atoms with Crippen LogP contribution in [0.25, 0.3) is 11.0 Å². The van der Waals surface area contributed by atoms with E-state index < -0.39 is 0 Å². The summed E-state index contributed by atoms with van der Waals surface area (Å²) >= 11 is 0. The van der Waals surface area contributed by atoms with E-state index >= 15 is 0 Å². The van der Waals surface area contributed by atoms with Crippen LogP contribution in [0.2, 0.25) is 0 Å². The van der Waals surface area contributed by atoms with Gasteiger partial charge < -0.3 is 4.42 Å². The van der Waals surface area contributed by atoms with Gasteiger partial charge in [0.05, 0.1) is 5.56 Å². The minimum absolute atomic E-state index is 0.0378. The number of Topliss-reactive ketones (excluding diaryl/α,β-unsaturated/α-hetero) is 1. The number of carbonyl (C=O) groups excluding carboxylic acids is 1. The topological polar surface area (TPSA) is 30.2 Å². The highest BCUT2D eigenvalue weighted by Gasteiger charge is 2.13. The molecule has 65 valence electrons. The normalized spacial score (nSPS) is 10.6. The molecule has 0 saturated carbocycles. The number of hydrogen-bond donors (Lipinski definition) is 0. The molecule has 1 aromatic heterocycles. The number of aryl methyl sites for hydroxylation is 1. The summed E-state index contributed by atoms with van der Waals surface area (Å²) in [6.45, 7) is 3.35. The van der Waals surface area contributed by atoms with E-state index in [1.165, 1.54) is 0 Å². The first-order chi connectivity index (χ1) is 6.20. The van der Waals surface area contributed by atoms with Gasteiger partial charge in [-0.1, -0.05) is 6.07 Å². The fraction of sp³-hybridized carbons (Fsp3) is 0.182. The highest BCUT2D eigenvalue weighted by molar-refractivity contribution is 6.07. The zero-order chi connectivity index (χ0) is 9.42. The van der Waals surface area contributed by atoms with Gasteiger partial charge in [0, 0.05) is 5.39 Å². The minimum Gasteiger partial charge on any atom is -0.461 e. The molecule has 0 aliphatic heterocycles. The van der Waals surface area contributed by atoms with E-state index in [9.17, 15) is 4.79 Å². The minimum atomic E-state index is 0.0378. The second-order valence-corrected chi connectivity index (χ2v) is 3.01. The van der Waals surface area contributed by atoms with Gasteiger partial charge in [0.15, 0.2) is 5.78 Å². The van der Waals surface area contributed by atoms with Gasteiger partial charge >= 0.3 is 0 Å². The molecular weight excluding hydrogens is 164 g/mol. The molecular formula is C11H9O2. The van der Waals surface area contributed by atoms with Crippen LogP contribution in [0.1, 0.15) is 23.0 Å². The zero-order valence-electron chi connectivity index (χ0n) is 7.55. The van der Waals surface area contributed by atoms with Crippen molar-refractivity contribution < 1.29 is 9.21 Å². The molecule has 0 amide bonds. The molecule has 1 aromatic carbocycles. The molecule has 2 aromatic rings. The molecule has 0 atom stereocenters. The molecule has 2 heteroatoms. The molecule has 1 radical (unpaired) electrons. The summed E-state index contributed by atoms with van der Waals surface area (Å²) in [5, 5.41) is 0.854.